The third-order valence-electron chi connectivity index (χ3n) is 5.37. The summed E-state index contributed by atoms with van der Waals surface area (Å²) in [5.74, 6) is 0. The Bertz CT molecular complexity index is 1240. The van der Waals surface area contributed by atoms with E-state index in [1.807, 2.05) is 0 Å². The van der Waals surface area contributed by atoms with Crippen LogP contribution in [0.25, 0.3) is 27.5 Å². The summed E-state index contributed by atoms with van der Waals surface area (Å²) < 4.78 is 2.36. The molecule has 0 unspecified atom stereocenters. The quantitative estimate of drug-likeness (QED) is 0.358. The number of aromatic nitrogens is 1. The van der Waals surface area contributed by atoms with Crippen molar-refractivity contribution in [2.24, 2.45) is 0 Å². The standard InChI is InChI=1S/C26H22N2/c1-27(21-10-4-2-5-11-21)19-20-16-17-26-24(18-20)23-14-8-9-15-25(23)28(26)22-12-6-3-7-13-22/h2-18H,19H2,1H3. The van der Waals surface area contributed by atoms with Crippen LogP contribution in [-0.4, -0.2) is 11.6 Å². The molecule has 0 aliphatic carbocycles. The van der Waals surface area contributed by atoms with Gasteiger partial charge < -0.3 is 9.47 Å². The molecule has 0 N–H and O–H groups in total. The van der Waals surface area contributed by atoms with Gasteiger partial charge in [-0.1, -0.05) is 60.7 Å². The van der Waals surface area contributed by atoms with E-state index in [4.69, 9.17) is 0 Å². The van der Waals surface area contributed by atoms with Gasteiger partial charge in [0.05, 0.1) is 11.0 Å². The molecule has 0 aliphatic heterocycles. The Balaban J connectivity index is 1.64. The van der Waals surface area contributed by atoms with Crippen molar-refractivity contribution in [2.45, 2.75) is 6.54 Å². The van der Waals surface area contributed by atoms with Crippen LogP contribution in [0.1, 0.15) is 5.56 Å². The Morgan fingerprint density at radius 3 is 2.07 bits per heavy atom. The van der Waals surface area contributed by atoms with Gasteiger partial charge in [-0.25, -0.2) is 0 Å². The molecule has 2 heteroatoms. The molecule has 0 aliphatic rings. The number of hydrogen-bond acceptors (Lipinski definition) is 1. The zero-order valence-corrected chi connectivity index (χ0v) is 15.9. The van der Waals surface area contributed by atoms with Gasteiger partial charge in [0.25, 0.3) is 0 Å². The second-order valence-corrected chi connectivity index (χ2v) is 7.23. The highest BCUT2D eigenvalue weighted by atomic mass is 15.1. The number of fused-ring (bicyclic) bond motifs is 3. The molecule has 0 fully saturated rings. The molecule has 1 aromatic heterocycles. The smallest absolute Gasteiger partial charge is 0.0541 e. The normalized spacial score (nSPS) is 11.2. The van der Waals surface area contributed by atoms with Crippen LogP contribution in [0.5, 0.6) is 0 Å². The topological polar surface area (TPSA) is 8.17 Å². The van der Waals surface area contributed by atoms with Gasteiger partial charge in [0, 0.05) is 35.7 Å². The van der Waals surface area contributed by atoms with Crippen LogP contribution in [-0.2, 0) is 6.54 Å². The second kappa shape index (κ2) is 6.90. The highest BCUT2D eigenvalue weighted by Crippen LogP contribution is 2.32. The molecule has 0 atom stereocenters. The average molecular weight is 362 g/mol. The summed E-state index contributed by atoms with van der Waals surface area (Å²) in [6.45, 7) is 0.880. The van der Waals surface area contributed by atoms with E-state index in [2.05, 4.69) is 120 Å². The van der Waals surface area contributed by atoms with Gasteiger partial charge in [0.15, 0.2) is 0 Å². The van der Waals surface area contributed by atoms with Crippen molar-refractivity contribution in [2.75, 3.05) is 11.9 Å². The fourth-order valence-electron chi connectivity index (χ4n) is 4.02. The Labute approximate surface area is 165 Å². The van der Waals surface area contributed by atoms with Crippen molar-refractivity contribution in [3.05, 3.63) is 109 Å². The SMILES string of the molecule is CN(Cc1ccc2c(c1)c1ccccc1n2-c1ccccc1)c1ccccc1. The molecule has 136 valence electrons. The summed E-state index contributed by atoms with van der Waals surface area (Å²) in [6, 6.07) is 36.7. The van der Waals surface area contributed by atoms with Gasteiger partial charge in [-0.2, -0.15) is 0 Å². The van der Waals surface area contributed by atoms with Crippen LogP contribution in [0, 0.1) is 0 Å². The third kappa shape index (κ3) is 2.84. The maximum absolute atomic E-state index is 2.36. The molecule has 0 bridgehead atoms. The molecule has 0 amide bonds. The Kier molecular flexibility index (Phi) is 4.10. The lowest BCUT2D eigenvalue weighted by molar-refractivity contribution is 0.925. The maximum atomic E-state index is 2.36. The van der Waals surface area contributed by atoms with Gasteiger partial charge >= 0.3 is 0 Å². The molecule has 0 saturated carbocycles. The summed E-state index contributed by atoms with van der Waals surface area (Å²) in [6.07, 6.45) is 0. The molecule has 1 heterocycles. The number of rotatable bonds is 4. The molecule has 5 aromatic rings. The first-order chi connectivity index (χ1) is 13.8. The molecule has 2 nitrogen and oxygen atoms in total. The predicted molar refractivity (Wildman–Crippen MR) is 119 cm³/mol. The first-order valence-corrected chi connectivity index (χ1v) is 9.65. The Morgan fingerprint density at radius 2 is 1.29 bits per heavy atom. The van der Waals surface area contributed by atoms with Crippen molar-refractivity contribution < 1.29 is 0 Å². The van der Waals surface area contributed by atoms with Crippen molar-refractivity contribution in [1.29, 1.82) is 0 Å². The summed E-state index contributed by atoms with van der Waals surface area (Å²) in [5, 5.41) is 2.60. The second-order valence-electron chi connectivity index (χ2n) is 7.23. The third-order valence-corrected chi connectivity index (χ3v) is 5.37. The first kappa shape index (κ1) is 16.6. The largest absolute Gasteiger partial charge is 0.370 e. The number of hydrogen-bond donors (Lipinski definition) is 0. The zero-order valence-electron chi connectivity index (χ0n) is 15.9. The minimum Gasteiger partial charge on any atom is -0.370 e. The highest BCUT2D eigenvalue weighted by Gasteiger charge is 2.12. The number of anilines is 1. The lowest BCUT2D eigenvalue weighted by atomic mass is 10.1. The van der Waals surface area contributed by atoms with Crippen molar-refractivity contribution in [1.82, 2.24) is 4.57 Å². The van der Waals surface area contributed by atoms with E-state index in [9.17, 15) is 0 Å². The number of nitrogens with zero attached hydrogens (tertiary/aromatic N) is 2. The monoisotopic (exact) mass is 362 g/mol. The van der Waals surface area contributed by atoms with Crippen molar-refractivity contribution in [3.63, 3.8) is 0 Å². The summed E-state index contributed by atoms with van der Waals surface area (Å²) in [7, 11) is 2.15. The lowest BCUT2D eigenvalue weighted by Gasteiger charge is -2.19. The molecule has 4 aromatic carbocycles. The van der Waals surface area contributed by atoms with E-state index in [0.29, 0.717) is 0 Å². The van der Waals surface area contributed by atoms with Crippen LogP contribution in [0.4, 0.5) is 5.69 Å². The minimum atomic E-state index is 0.880. The molecule has 5 rings (SSSR count). The fourth-order valence-corrected chi connectivity index (χ4v) is 4.02. The van der Waals surface area contributed by atoms with Crippen LogP contribution in [0.15, 0.2) is 103 Å². The zero-order chi connectivity index (χ0) is 18.9. The molecule has 0 saturated heterocycles. The molecule has 28 heavy (non-hydrogen) atoms. The Morgan fingerprint density at radius 1 is 0.643 bits per heavy atom. The van der Waals surface area contributed by atoms with E-state index >= 15 is 0 Å². The van der Waals surface area contributed by atoms with E-state index in [1.165, 1.54) is 38.7 Å². The summed E-state index contributed by atoms with van der Waals surface area (Å²) in [4.78, 5) is 2.29. The fraction of sp³-hybridized carbons (Fsp3) is 0.0769. The van der Waals surface area contributed by atoms with E-state index in [-0.39, 0.29) is 0 Å². The summed E-state index contributed by atoms with van der Waals surface area (Å²) in [5.41, 5.74) is 6.24. The van der Waals surface area contributed by atoms with Gasteiger partial charge in [-0.3, -0.25) is 0 Å². The van der Waals surface area contributed by atoms with Crippen LogP contribution >= 0.6 is 0 Å². The number of benzene rings is 4. The average Bonchev–Trinajstić information content (AvgIpc) is 3.09. The van der Waals surface area contributed by atoms with Crippen LogP contribution in [0.3, 0.4) is 0 Å². The van der Waals surface area contributed by atoms with Crippen molar-refractivity contribution in [3.8, 4) is 5.69 Å². The minimum absolute atomic E-state index is 0.880. The maximum Gasteiger partial charge on any atom is 0.0541 e. The molecular formula is C26H22N2. The van der Waals surface area contributed by atoms with Gasteiger partial charge in [-0.15, -0.1) is 0 Å². The van der Waals surface area contributed by atoms with Crippen LogP contribution in [0.2, 0.25) is 0 Å². The molecule has 0 radical (unpaired) electrons. The van der Waals surface area contributed by atoms with Gasteiger partial charge in [0.1, 0.15) is 0 Å². The Hall–Kier alpha value is -3.52. The van der Waals surface area contributed by atoms with E-state index in [0.717, 1.165) is 6.54 Å². The highest BCUT2D eigenvalue weighted by molar-refractivity contribution is 6.09. The first-order valence-electron chi connectivity index (χ1n) is 9.65. The summed E-state index contributed by atoms with van der Waals surface area (Å²) >= 11 is 0. The van der Waals surface area contributed by atoms with Crippen molar-refractivity contribution >= 4 is 27.5 Å². The van der Waals surface area contributed by atoms with E-state index in [1.54, 1.807) is 0 Å². The lowest BCUT2D eigenvalue weighted by Crippen LogP contribution is -2.15. The van der Waals surface area contributed by atoms with Gasteiger partial charge in [-0.05, 0) is 48.0 Å². The van der Waals surface area contributed by atoms with E-state index < -0.39 is 0 Å². The van der Waals surface area contributed by atoms with Gasteiger partial charge in [0.2, 0.25) is 0 Å². The van der Waals surface area contributed by atoms with Crippen LogP contribution < -0.4 is 4.90 Å². The predicted octanol–water partition coefficient (Wildman–Crippen LogP) is 6.42. The molecular weight excluding hydrogens is 340 g/mol. The molecule has 0 spiro atoms. The number of para-hydroxylation sites is 3.